The van der Waals surface area contributed by atoms with Crippen LogP contribution in [0, 0.1) is 0 Å². The van der Waals surface area contributed by atoms with E-state index in [1.54, 1.807) is 0 Å². The van der Waals surface area contributed by atoms with Gasteiger partial charge in [0.25, 0.3) is 0 Å². The van der Waals surface area contributed by atoms with Gasteiger partial charge in [0, 0.05) is 29.6 Å². The van der Waals surface area contributed by atoms with Crippen LogP contribution in [-0.2, 0) is 0 Å². The van der Waals surface area contributed by atoms with Crippen LogP contribution in [-0.4, -0.2) is 53.1 Å². The standard InChI is InChI=1S/Bi.3FH.Na/h;3*1H;/q+3;;;;/p-3. The molecule has 0 aliphatic heterocycles. The predicted molar refractivity (Wildman–Crippen MR) is 14.8 cm³/mol. The second kappa shape index (κ2) is 5.67. The molecule has 0 bridgehead atoms. The number of hydrogen-bond acceptors (Lipinski definition) is 0. The molecule has 0 N–H and O–H groups in total. The van der Waals surface area contributed by atoms with Gasteiger partial charge in [-0.15, -0.1) is 0 Å². The van der Waals surface area contributed by atoms with Gasteiger partial charge in [0.05, 0.1) is 0 Å². The maximum atomic E-state index is 9.87. The summed E-state index contributed by atoms with van der Waals surface area (Å²) >= 11 is -5.09. The van der Waals surface area contributed by atoms with Gasteiger partial charge in [-0.3, -0.25) is 0 Å². The summed E-state index contributed by atoms with van der Waals surface area (Å²) in [5, 5.41) is 0. The third-order valence-electron chi connectivity index (χ3n) is 0. The minimum absolute atomic E-state index is 0. The molecule has 0 heterocycles. The van der Waals surface area contributed by atoms with Crippen molar-refractivity contribution in [3.63, 3.8) is 0 Å². The van der Waals surface area contributed by atoms with E-state index in [1.165, 1.54) is 0 Å². The molecule has 5 heavy (non-hydrogen) atoms. The van der Waals surface area contributed by atoms with Crippen molar-refractivity contribution in [1.82, 2.24) is 0 Å². The number of halogens is 3. The van der Waals surface area contributed by atoms with E-state index in [4.69, 9.17) is 0 Å². The van der Waals surface area contributed by atoms with Gasteiger partial charge in [-0.25, -0.2) is 0 Å². The van der Waals surface area contributed by atoms with Gasteiger partial charge in [-0.2, -0.15) is 0 Å². The molecule has 27 valence electrons. The van der Waals surface area contributed by atoms with Gasteiger partial charge in [0.2, 0.25) is 0 Å². The molecule has 0 spiro atoms. The summed E-state index contributed by atoms with van der Waals surface area (Å²) in [4.78, 5) is 0. The van der Waals surface area contributed by atoms with Crippen LogP contribution >= 0.6 is 0 Å². The zero-order valence-corrected chi connectivity index (χ0v) is 8.06. The van der Waals surface area contributed by atoms with Gasteiger partial charge < -0.3 is 0 Å². The van der Waals surface area contributed by atoms with Gasteiger partial charge in [0.1, 0.15) is 0 Å². The summed E-state index contributed by atoms with van der Waals surface area (Å²) in [6.45, 7) is 0. The maximum absolute atomic E-state index is 9.87. The van der Waals surface area contributed by atoms with Crippen LogP contribution in [0.2, 0.25) is 0 Å². The summed E-state index contributed by atoms with van der Waals surface area (Å²) in [7, 11) is 0. The van der Waals surface area contributed by atoms with Gasteiger partial charge >= 0.3 is 31.5 Å². The molecule has 0 aliphatic rings. The second-order valence-electron chi connectivity index (χ2n) is 0.192. The minimum Gasteiger partial charge on any atom is 0 e. The molecule has 0 aromatic heterocycles. The Morgan fingerprint density at radius 3 is 1.00 bits per heavy atom. The van der Waals surface area contributed by atoms with Crippen molar-refractivity contribution < 1.29 is 7.88 Å². The number of hydrogen-bond donors (Lipinski definition) is 0. The van der Waals surface area contributed by atoms with Gasteiger partial charge in [0.15, 0.2) is 0 Å². The first kappa shape index (κ1) is 9.83. The normalized spacial score (nSPS) is 7.20. The Balaban J connectivity index is 0. The van der Waals surface area contributed by atoms with E-state index in [0.717, 1.165) is 0 Å². The number of rotatable bonds is 0. The monoisotopic (exact) mass is 289 g/mol. The molecule has 0 saturated carbocycles. The molecule has 0 nitrogen and oxygen atoms in total. The molecule has 0 aromatic carbocycles. The average molecular weight is 289 g/mol. The zero-order valence-electron chi connectivity index (χ0n) is 2.58. The summed E-state index contributed by atoms with van der Waals surface area (Å²) in [6.07, 6.45) is 0. The van der Waals surface area contributed by atoms with E-state index in [1.807, 2.05) is 0 Å². The van der Waals surface area contributed by atoms with Gasteiger partial charge in [-0.05, 0) is 0 Å². The molecule has 0 rings (SSSR count). The van der Waals surface area contributed by atoms with Gasteiger partial charge in [-0.1, -0.05) is 0 Å². The van der Waals surface area contributed by atoms with E-state index in [-0.39, 0.29) is 29.6 Å². The summed E-state index contributed by atoms with van der Waals surface area (Å²) in [5.41, 5.74) is 0. The first-order valence-electron chi connectivity index (χ1n) is 0.507. The Labute approximate surface area is 60.4 Å². The van der Waals surface area contributed by atoms with Crippen molar-refractivity contribution in [2.24, 2.45) is 0 Å². The van der Waals surface area contributed by atoms with Crippen LogP contribution in [0.15, 0.2) is 0 Å². The molecule has 1 radical (unpaired) electrons. The predicted octanol–water partition coefficient (Wildman–Crippen LogP) is 0.499. The molecular weight excluding hydrogens is 289 g/mol. The van der Waals surface area contributed by atoms with E-state index >= 15 is 0 Å². The summed E-state index contributed by atoms with van der Waals surface area (Å²) in [6, 6.07) is 0. The Bertz CT molecular complexity index is 11.6. The second-order valence-corrected chi connectivity index (χ2v) is 1.68. The third kappa shape index (κ3) is 27.3. The largest absolute Gasteiger partial charge is 0 e. The molecule has 0 amide bonds. The first-order chi connectivity index (χ1) is 1.73. The van der Waals surface area contributed by atoms with Crippen molar-refractivity contribution in [2.45, 2.75) is 0 Å². The fraction of sp³-hybridized carbons (Fsp3) is 0. The Morgan fingerprint density at radius 2 is 1.00 bits per heavy atom. The van der Waals surface area contributed by atoms with E-state index in [2.05, 4.69) is 0 Å². The Hall–Kier alpha value is 1.67. The topological polar surface area (TPSA) is 0 Å². The van der Waals surface area contributed by atoms with Crippen LogP contribution in [0.5, 0.6) is 0 Å². The quantitative estimate of drug-likeness (QED) is 0.570. The van der Waals surface area contributed by atoms with Crippen LogP contribution in [0.25, 0.3) is 0 Å². The summed E-state index contributed by atoms with van der Waals surface area (Å²) in [5.74, 6) is 0. The molecule has 0 atom stereocenters. The SMILES string of the molecule is [F][Bi]([F])[F].[Na]. The van der Waals surface area contributed by atoms with Crippen LogP contribution in [0.3, 0.4) is 0 Å². The molecular formula is BiF3Na. The minimum atomic E-state index is -5.09. The zero-order chi connectivity index (χ0) is 3.58. The molecule has 0 aromatic rings. The van der Waals surface area contributed by atoms with Crippen molar-refractivity contribution in [2.75, 3.05) is 0 Å². The fourth-order valence-electron chi connectivity index (χ4n) is 0. The van der Waals surface area contributed by atoms with E-state index in [9.17, 15) is 7.88 Å². The molecule has 5 heteroatoms. The van der Waals surface area contributed by atoms with Crippen molar-refractivity contribution in [3.8, 4) is 0 Å². The van der Waals surface area contributed by atoms with Crippen LogP contribution in [0.4, 0.5) is 7.88 Å². The third-order valence-corrected chi connectivity index (χ3v) is 0. The molecule has 0 unspecified atom stereocenters. The van der Waals surface area contributed by atoms with Crippen molar-refractivity contribution in [3.05, 3.63) is 0 Å². The van der Waals surface area contributed by atoms with Crippen LogP contribution in [0.1, 0.15) is 0 Å². The molecule has 0 fully saturated rings. The Kier molecular flexibility index (Phi) is 11.2. The first-order valence-corrected chi connectivity index (χ1v) is 4.45. The summed E-state index contributed by atoms with van der Waals surface area (Å²) < 4.78 is 29.6. The van der Waals surface area contributed by atoms with E-state index < -0.39 is 23.6 Å². The Morgan fingerprint density at radius 1 is 1.00 bits per heavy atom. The molecule has 0 saturated heterocycles. The van der Waals surface area contributed by atoms with Crippen molar-refractivity contribution >= 4 is 53.1 Å². The van der Waals surface area contributed by atoms with Crippen LogP contribution < -0.4 is 0 Å². The fourth-order valence-corrected chi connectivity index (χ4v) is 0. The van der Waals surface area contributed by atoms with E-state index in [0.29, 0.717) is 0 Å². The smallest absolute Gasteiger partial charge is 0 e. The maximum Gasteiger partial charge on any atom is 0 e. The molecule has 0 aliphatic carbocycles. The van der Waals surface area contributed by atoms with Crippen molar-refractivity contribution in [1.29, 1.82) is 0 Å². The average Bonchev–Trinajstić information content (AvgIpc) is 0.811.